The number of aryl methyl sites for hydroxylation is 1. The van der Waals surface area contributed by atoms with Crippen molar-refractivity contribution in [3.05, 3.63) is 65.7 Å². The van der Waals surface area contributed by atoms with Crippen LogP contribution in [0.2, 0.25) is 0 Å². The van der Waals surface area contributed by atoms with E-state index in [-0.39, 0.29) is 11.6 Å². The van der Waals surface area contributed by atoms with Crippen LogP contribution in [0.25, 0.3) is 33.5 Å². The number of fused-ring (bicyclic) bond motifs is 1. The van der Waals surface area contributed by atoms with Crippen molar-refractivity contribution in [1.82, 2.24) is 15.0 Å². The fraction of sp³-hybridized carbons (Fsp3) is 0.250. The maximum atomic E-state index is 14.2. The van der Waals surface area contributed by atoms with E-state index in [1.165, 1.54) is 6.20 Å². The summed E-state index contributed by atoms with van der Waals surface area (Å²) in [5.41, 5.74) is 9.45. The van der Waals surface area contributed by atoms with E-state index in [4.69, 9.17) is 10.7 Å². The van der Waals surface area contributed by atoms with Crippen molar-refractivity contribution in [2.75, 3.05) is 18.0 Å². The van der Waals surface area contributed by atoms with Crippen LogP contribution in [-0.2, 0) is 6.18 Å². The predicted octanol–water partition coefficient (Wildman–Crippen LogP) is 5.30. The zero-order valence-corrected chi connectivity index (χ0v) is 17.7. The van der Waals surface area contributed by atoms with Gasteiger partial charge in [-0.3, -0.25) is 4.98 Å². The predicted molar refractivity (Wildman–Crippen MR) is 119 cm³/mol. The Morgan fingerprint density at radius 1 is 1.12 bits per heavy atom. The first-order chi connectivity index (χ1) is 15.7. The second kappa shape index (κ2) is 7.84. The van der Waals surface area contributed by atoms with Crippen molar-refractivity contribution < 1.29 is 17.6 Å². The van der Waals surface area contributed by atoms with Gasteiger partial charge in [-0.1, -0.05) is 12.1 Å². The summed E-state index contributed by atoms with van der Waals surface area (Å²) in [6, 6.07) is 8.24. The van der Waals surface area contributed by atoms with E-state index in [1.54, 1.807) is 6.20 Å². The highest BCUT2D eigenvalue weighted by molar-refractivity contribution is 5.91. The highest BCUT2D eigenvalue weighted by Gasteiger charge is 2.32. The highest BCUT2D eigenvalue weighted by atomic mass is 19.4. The van der Waals surface area contributed by atoms with Crippen LogP contribution < -0.4 is 10.6 Å². The number of nitrogens with one attached hydrogen (secondary N) is 1. The number of aromatic nitrogens is 3. The molecule has 0 aliphatic carbocycles. The van der Waals surface area contributed by atoms with Crippen molar-refractivity contribution in [2.45, 2.75) is 25.6 Å². The summed E-state index contributed by atoms with van der Waals surface area (Å²) >= 11 is 0. The summed E-state index contributed by atoms with van der Waals surface area (Å²) < 4.78 is 54.4. The molecular formula is C24H21F4N5. The van der Waals surface area contributed by atoms with Crippen molar-refractivity contribution in [1.29, 1.82) is 0 Å². The summed E-state index contributed by atoms with van der Waals surface area (Å²) in [4.78, 5) is 14.3. The molecule has 0 radical (unpaired) electrons. The van der Waals surface area contributed by atoms with Gasteiger partial charge in [0.05, 0.1) is 27.8 Å². The summed E-state index contributed by atoms with van der Waals surface area (Å²) in [6.07, 6.45) is -0.850. The van der Waals surface area contributed by atoms with Crippen LogP contribution in [0, 0.1) is 12.7 Å². The van der Waals surface area contributed by atoms with Gasteiger partial charge in [0.25, 0.3) is 0 Å². The Bertz CT molecular complexity index is 1340. The fourth-order valence-electron chi connectivity index (χ4n) is 4.38. The van der Waals surface area contributed by atoms with Gasteiger partial charge in [0.2, 0.25) is 0 Å². The number of nitrogens with two attached hydrogens (primary N) is 1. The van der Waals surface area contributed by atoms with Crippen molar-refractivity contribution in [2.24, 2.45) is 5.73 Å². The average Bonchev–Trinajstić information content (AvgIpc) is 3.39. The quantitative estimate of drug-likeness (QED) is 0.412. The number of anilines is 1. The Labute approximate surface area is 187 Å². The lowest BCUT2D eigenvalue weighted by Crippen LogP contribution is -2.27. The molecule has 5 rings (SSSR count). The summed E-state index contributed by atoms with van der Waals surface area (Å²) in [6.45, 7) is 3.09. The molecule has 1 aliphatic rings. The lowest BCUT2D eigenvalue weighted by atomic mass is 9.99. The zero-order chi connectivity index (χ0) is 23.3. The third-order valence-electron chi connectivity index (χ3n) is 5.96. The van der Waals surface area contributed by atoms with Crippen LogP contribution in [-0.4, -0.2) is 34.1 Å². The summed E-state index contributed by atoms with van der Waals surface area (Å²) in [5, 5.41) is 0. The minimum Gasteiger partial charge on any atom is -0.369 e. The van der Waals surface area contributed by atoms with Crippen LogP contribution in [0.4, 0.5) is 23.2 Å². The van der Waals surface area contributed by atoms with Gasteiger partial charge in [0.1, 0.15) is 11.6 Å². The number of benzene rings is 2. The molecule has 33 heavy (non-hydrogen) atoms. The number of aromatic amines is 1. The molecule has 0 saturated carbocycles. The molecule has 170 valence electrons. The van der Waals surface area contributed by atoms with E-state index in [1.807, 2.05) is 30.0 Å². The van der Waals surface area contributed by atoms with Gasteiger partial charge in [-0.05, 0) is 48.7 Å². The monoisotopic (exact) mass is 455 g/mol. The number of halogens is 4. The van der Waals surface area contributed by atoms with Crippen molar-refractivity contribution in [3.63, 3.8) is 0 Å². The van der Waals surface area contributed by atoms with E-state index in [9.17, 15) is 17.6 Å². The van der Waals surface area contributed by atoms with E-state index >= 15 is 0 Å². The van der Waals surface area contributed by atoms with Gasteiger partial charge in [-0.15, -0.1) is 0 Å². The third-order valence-corrected chi connectivity index (χ3v) is 5.96. The topological polar surface area (TPSA) is 70.8 Å². The third kappa shape index (κ3) is 3.93. The number of hydrogen-bond donors (Lipinski definition) is 2. The molecular weight excluding hydrogens is 434 g/mol. The Morgan fingerprint density at radius 2 is 1.91 bits per heavy atom. The number of H-pyrrole nitrogens is 1. The number of rotatable bonds is 3. The van der Waals surface area contributed by atoms with Gasteiger partial charge < -0.3 is 15.6 Å². The molecule has 0 spiro atoms. The first-order valence-corrected chi connectivity index (χ1v) is 10.5. The van der Waals surface area contributed by atoms with E-state index < -0.39 is 17.6 Å². The standard InChI is InChI=1S/C24H21F4N5/c1-13-3-2-4-20-21(13)32-23(31-20)19-11-30-10-18(22(19)33-6-5-17(29)12-33)14-7-15(24(26,27)28)9-16(25)8-14/h2-4,7-11,17H,5-6,12,29H2,1H3,(H,31,32)/t17-/m0/s1. The second-order valence-corrected chi connectivity index (χ2v) is 8.36. The van der Waals surface area contributed by atoms with Gasteiger partial charge in [-0.25, -0.2) is 9.37 Å². The van der Waals surface area contributed by atoms with E-state index in [0.29, 0.717) is 41.8 Å². The summed E-state index contributed by atoms with van der Waals surface area (Å²) in [5.74, 6) is -0.426. The second-order valence-electron chi connectivity index (χ2n) is 8.36. The molecule has 1 saturated heterocycles. The van der Waals surface area contributed by atoms with Crippen LogP contribution in [0.15, 0.2) is 48.8 Å². The zero-order valence-electron chi connectivity index (χ0n) is 17.7. The number of imidazole rings is 1. The average molecular weight is 455 g/mol. The molecule has 1 atom stereocenters. The largest absolute Gasteiger partial charge is 0.416 e. The Kier molecular flexibility index (Phi) is 5.08. The van der Waals surface area contributed by atoms with Crippen LogP contribution in [0.1, 0.15) is 17.5 Å². The van der Waals surface area contributed by atoms with E-state index in [0.717, 1.165) is 35.2 Å². The van der Waals surface area contributed by atoms with E-state index in [2.05, 4.69) is 9.97 Å². The molecule has 2 aromatic carbocycles. The Hall–Kier alpha value is -3.46. The van der Waals surface area contributed by atoms with Crippen molar-refractivity contribution in [3.8, 4) is 22.5 Å². The van der Waals surface area contributed by atoms with Crippen molar-refractivity contribution >= 4 is 16.7 Å². The van der Waals surface area contributed by atoms with Gasteiger partial charge >= 0.3 is 6.18 Å². The van der Waals surface area contributed by atoms with Gasteiger partial charge in [-0.2, -0.15) is 13.2 Å². The molecule has 9 heteroatoms. The first kappa shape index (κ1) is 21.4. The highest BCUT2D eigenvalue weighted by Crippen LogP contribution is 2.41. The molecule has 4 aromatic rings. The molecule has 0 bridgehead atoms. The molecule has 0 unspecified atom stereocenters. The Balaban J connectivity index is 1.74. The SMILES string of the molecule is Cc1cccc2[nH]c(-c3cncc(-c4cc(F)cc(C(F)(F)F)c4)c3N3CC[C@H](N)C3)nc12. The van der Waals surface area contributed by atoms with Gasteiger partial charge in [0, 0.05) is 37.1 Å². The number of nitrogens with zero attached hydrogens (tertiary/aromatic N) is 3. The number of hydrogen-bond acceptors (Lipinski definition) is 4. The maximum Gasteiger partial charge on any atom is 0.416 e. The molecule has 1 aliphatic heterocycles. The number of para-hydroxylation sites is 1. The molecule has 3 heterocycles. The maximum absolute atomic E-state index is 14.2. The molecule has 5 nitrogen and oxygen atoms in total. The number of alkyl halides is 3. The lowest BCUT2D eigenvalue weighted by molar-refractivity contribution is -0.137. The molecule has 1 fully saturated rings. The molecule has 2 aromatic heterocycles. The minimum absolute atomic E-state index is 0.0740. The Morgan fingerprint density at radius 3 is 2.61 bits per heavy atom. The van der Waals surface area contributed by atoms with Crippen LogP contribution in [0.3, 0.4) is 0 Å². The minimum atomic E-state index is -4.67. The number of pyridine rings is 1. The van der Waals surface area contributed by atoms with Crippen LogP contribution >= 0.6 is 0 Å². The lowest BCUT2D eigenvalue weighted by Gasteiger charge is -2.24. The smallest absolute Gasteiger partial charge is 0.369 e. The van der Waals surface area contributed by atoms with Crippen LogP contribution in [0.5, 0.6) is 0 Å². The normalized spacial score (nSPS) is 16.7. The fourth-order valence-corrected chi connectivity index (χ4v) is 4.38. The first-order valence-electron chi connectivity index (χ1n) is 10.5. The summed E-state index contributed by atoms with van der Waals surface area (Å²) in [7, 11) is 0. The molecule has 0 amide bonds. The molecule has 3 N–H and O–H groups in total. The van der Waals surface area contributed by atoms with Gasteiger partial charge in [0.15, 0.2) is 0 Å².